The van der Waals surface area contributed by atoms with E-state index >= 15 is 0 Å². The van der Waals surface area contributed by atoms with Crippen molar-refractivity contribution in [2.24, 2.45) is 5.73 Å². The lowest BCUT2D eigenvalue weighted by atomic mass is 10.1. The standard InChI is InChI=1S/C18H16FN3O3/c19-12-3-1-10(2-4-12)7-14(20)17(23)21-13-5-6-15-11(8-13)9-16(22-15)18(24)25/h1-6,8-9,14,22H,7,20H2,(H,21,23)(H,24,25). The highest BCUT2D eigenvalue weighted by Crippen LogP contribution is 2.20. The predicted octanol–water partition coefficient (Wildman–Crippen LogP) is 2.51. The smallest absolute Gasteiger partial charge is 0.352 e. The molecule has 0 saturated heterocycles. The number of aromatic nitrogens is 1. The molecule has 0 aliphatic carbocycles. The van der Waals surface area contributed by atoms with Gasteiger partial charge in [0.05, 0.1) is 6.04 Å². The van der Waals surface area contributed by atoms with Crippen LogP contribution in [0.25, 0.3) is 10.9 Å². The first-order chi connectivity index (χ1) is 11.9. The highest BCUT2D eigenvalue weighted by Gasteiger charge is 2.15. The molecule has 0 bridgehead atoms. The number of H-pyrrole nitrogens is 1. The number of carboxylic acids is 1. The summed E-state index contributed by atoms with van der Waals surface area (Å²) >= 11 is 0. The molecule has 0 fully saturated rings. The zero-order valence-electron chi connectivity index (χ0n) is 13.1. The molecule has 1 heterocycles. The average Bonchev–Trinajstić information content (AvgIpc) is 3.00. The molecule has 0 aliphatic heterocycles. The van der Waals surface area contributed by atoms with Gasteiger partial charge in [0.2, 0.25) is 5.91 Å². The highest BCUT2D eigenvalue weighted by molar-refractivity contribution is 5.98. The second kappa shape index (κ2) is 6.74. The fourth-order valence-electron chi connectivity index (χ4n) is 2.53. The Hall–Kier alpha value is -3.19. The van der Waals surface area contributed by atoms with Crippen LogP contribution in [-0.4, -0.2) is 28.0 Å². The van der Waals surface area contributed by atoms with Gasteiger partial charge >= 0.3 is 5.97 Å². The molecular formula is C18H16FN3O3. The number of carbonyl (C=O) groups is 2. The van der Waals surface area contributed by atoms with Gasteiger partial charge in [0.15, 0.2) is 0 Å². The van der Waals surface area contributed by atoms with Crippen LogP contribution in [0.5, 0.6) is 0 Å². The second-order valence-corrected chi connectivity index (χ2v) is 5.72. The van der Waals surface area contributed by atoms with Crippen LogP contribution in [0.1, 0.15) is 16.1 Å². The van der Waals surface area contributed by atoms with Crippen molar-refractivity contribution in [2.45, 2.75) is 12.5 Å². The van der Waals surface area contributed by atoms with Crippen LogP contribution in [0.3, 0.4) is 0 Å². The van der Waals surface area contributed by atoms with E-state index in [1.54, 1.807) is 30.3 Å². The zero-order valence-corrected chi connectivity index (χ0v) is 13.1. The van der Waals surface area contributed by atoms with Gasteiger partial charge in [-0.3, -0.25) is 4.79 Å². The first-order valence-electron chi connectivity index (χ1n) is 7.59. The van der Waals surface area contributed by atoms with Gasteiger partial charge in [-0.2, -0.15) is 0 Å². The van der Waals surface area contributed by atoms with Gasteiger partial charge in [-0.15, -0.1) is 0 Å². The summed E-state index contributed by atoms with van der Waals surface area (Å²) in [6.07, 6.45) is 0.279. The van der Waals surface area contributed by atoms with Crippen molar-refractivity contribution in [1.82, 2.24) is 4.98 Å². The van der Waals surface area contributed by atoms with Crippen LogP contribution in [0.15, 0.2) is 48.5 Å². The Bertz CT molecular complexity index is 934. The Kier molecular flexibility index (Phi) is 4.49. The summed E-state index contributed by atoms with van der Waals surface area (Å²) in [4.78, 5) is 26.0. The van der Waals surface area contributed by atoms with Gasteiger partial charge in [0.1, 0.15) is 11.5 Å². The molecule has 3 aromatic rings. The van der Waals surface area contributed by atoms with Gasteiger partial charge in [0, 0.05) is 16.6 Å². The molecule has 2 aromatic carbocycles. The van der Waals surface area contributed by atoms with E-state index in [0.29, 0.717) is 16.6 Å². The molecule has 0 radical (unpaired) electrons. The summed E-state index contributed by atoms with van der Waals surface area (Å²) in [7, 11) is 0. The molecule has 6 nitrogen and oxygen atoms in total. The predicted molar refractivity (Wildman–Crippen MR) is 92.0 cm³/mol. The summed E-state index contributed by atoms with van der Waals surface area (Å²) < 4.78 is 12.9. The van der Waals surface area contributed by atoms with Crippen molar-refractivity contribution >= 4 is 28.5 Å². The molecule has 0 spiro atoms. The summed E-state index contributed by atoms with van der Waals surface area (Å²) in [5, 5.41) is 12.4. The third-order valence-electron chi connectivity index (χ3n) is 3.82. The van der Waals surface area contributed by atoms with Gasteiger partial charge in [-0.1, -0.05) is 12.1 Å². The Morgan fingerprint density at radius 3 is 2.56 bits per heavy atom. The van der Waals surface area contributed by atoms with Crippen LogP contribution < -0.4 is 11.1 Å². The first-order valence-corrected chi connectivity index (χ1v) is 7.59. The Balaban J connectivity index is 1.70. The van der Waals surface area contributed by atoms with Gasteiger partial charge < -0.3 is 21.1 Å². The number of carbonyl (C=O) groups excluding carboxylic acids is 1. The van der Waals surface area contributed by atoms with Crippen molar-refractivity contribution in [3.63, 3.8) is 0 Å². The molecule has 1 amide bonds. The third kappa shape index (κ3) is 3.84. The third-order valence-corrected chi connectivity index (χ3v) is 3.82. The lowest BCUT2D eigenvalue weighted by molar-refractivity contribution is -0.117. The average molecular weight is 341 g/mol. The van der Waals surface area contributed by atoms with Crippen molar-refractivity contribution in [1.29, 1.82) is 0 Å². The van der Waals surface area contributed by atoms with Crippen LogP contribution in [0, 0.1) is 5.82 Å². The molecule has 7 heteroatoms. The molecule has 1 unspecified atom stereocenters. The number of anilines is 1. The zero-order chi connectivity index (χ0) is 18.0. The summed E-state index contributed by atoms with van der Waals surface area (Å²) in [6, 6.07) is 11.5. The number of amides is 1. The van der Waals surface area contributed by atoms with Crippen LogP contribution in [0.2, 0.25) is 0 Å². The minimum atomic E-state index is -1.05. The minimum absolute atomic E-state index is 0.0755. The summed E-state index contributed by atoms with van der Waals surface area (Å²) in [5.74, 6) is -1.77. The highest BCUT2D eigenvalue weighted by atomic mass is 19.1. The number of hydrogen-bond donors (Lipinski definition) is 4. The van der Waals surface area contributed by atoms with Crippen molar-refractivity contribution in [3.05, 3.63) is 65.6 Å². The maximum absolute atomic E-state index is 12.9. The van der Waals surface area contributed by atoms with Gasteiger partial charge in [-0.25, -0.2) is 9.18 Å². The molecule has 0 aliphatic rings. The van der Waals surface area contributed by atoms with E-state index in [-0.39, 0.29) is 23.8 Å². The molecule has 25 heavy (non-hydrogen) atoms. The molecule has 1 aromatic heterocycles. The fourth-order valence-corrected chi connectivity index (χ4v) is 2.53. The van der Waals surface area contributed by atoms with Gasteiger partial charge in [0.25, 0.3) is 0 Å². The number of hydrogen-bond acceptors (Lipinski definition) is 3. The van der Waals surface area contributed by atoms with E-state index < -0.39 is 12.0 Å². The molecule has 3 rings (SSSR count). The number of nitrogens with one attached hydrogen (secondary N) is 2. The number of halogens is 1. The minimum Gasteiger partial charge on any atom is -0.477 e. The van der Waals surface area contributed by atoms with Crippen molar-refractivity contribution in [2.75, 3.05) is 5.32 Å². The quantitative estimate of drug-likeness (QED) is 0.572. The summed E-state index contributed by atoms with van der Waals surface area (Å²) in [6.45, 7) is 0. The molecule has 1 atom stereocenters. The second-order valence-electron chi connectivity index (χ2n) is 5.72. The van der Waals surface area contributed by atoms with Crippen LogP contribution in [-0.2, 0) is 11.2 Å². The van der Waals surface area contributed by atoms with Crippen molar-refractivity contribution < 1.29 is 19.1 Å². The van der Waals surface area contributed by atoms with E-state index in [2.05, 4.69) is 10.3 Å². The first kappa shape index (κ1) is 16.7. The number of rotatable bonds is 5. The van der Waals surface area contributed by atoms with E-state index in [0.717, 1.165) is 5.56 Å². The lowest BCUT2D eigenvalue weighted by Crippen LogP contribution is -2.37. The van der Waals surface area contributed by atoms with E-state index in [1.165, 1.54) is 18.2 Å². The van der Waals surface area contributed by atoms with Gasteiger partial charge in [-0.05, 0) is 48.4 Å². The largest absolute Gasteiger partial charge is 0.477 e. The molecular weight excluding hydrogens is 325 g/mol. The number of fused-ring (bicyclic) bond motifs is 1. The normalized spacial score (nSPS) is 12.1. The monoisotopic (exact) mass is 341 g/mol. The van der Waals surface area contributed by atoms with E-state index in [9.17, 15) is 14.0 Å². The fraction of sp³-hybridized carbons (Fsp3) is 0.111. The van der Waals surface area contributed by atoms with Crippen molar-refractivity contribution in [3.8, 4) is 0 Å². The lowest BCUT2D eigenvalue weighted by Gasteiger charge is -2.12. The van der Waals surface area contributed by atoms with E-state index in [4.69, 9.17) is 10.8 Å². The summed E-state index contributed by atoms with van der Waals surface area (Å²) in [5.41, 5.74) is 7.91. The molecule has 5 N–H and O–H groups in total. The Morgan fingerprint density at radius 2 is 1.88 bits per heavy atom. The molecule has 0 saturated carbocycles. The topological polar surface area (TPSA) is 108 Å². The maximum Gasteiger partial charge on any atom is 0.352 e. The number of benzene rings is 2. The van der Waals surface area contributed by atoms with Crippen LogP contribution >= 0.6 is 0 Å². The number of nitrogens with two attached hydrogens (primary N) is 1. The maximum atomic E-state index is 12.9. The number of aromatic amines is 1. The molecule has 128 valence electrons. The number of aromatic carboxylic acids is 1. The SMILES string of the molecule is NC(Cc1ccc(F)cc1)C(=O)Nc1ccc2[nH]c(C(=O)O)cc2c1. The Labute approximate surface area is 142 Å². The van der Waals surface area contributed by atoms with Crippen LogP contribution in [0.4, 0.5) is 10.1 Å². The Morgan fingerprint density at radius 1 is 1.16 bits per heavy atom. The van der Waals surface area contributed by atoms with E-state index in [1.807, 2.05) is 0 Å². The number of carboxylic acid groups (broad SMARTS) is 1.